The quantitative estimate of drug-likeness (QED) is 0.520. The van der Waals surface area contributed by atoms with Crippen LogP contribution in [-0.2, 0) is 4.74 Å². The third-order valence-electron chi connectivity index (χ3n) is 6.47. The van der Waals surface area contributed by atoms with Gasteiger partial charge in [-0.3, -0.25) is 9.79 Å². The summed E-state index contributed by atoms with van der Waals surface area (Å²) in [5.74, 6) is -1.56. The maximum absolute atomic E-state index is 14.8. The van der Waals surface area contributed by atoms with Crippen LogP contribution in [0.5, 0.6) is 0 Å². The van der Waals surface area contributed by atoms with Gasteiger partial charge in [0.1, 0.15) is 23.3 Å². The van der Waals surface area contributed by atoms with Crippen LogP contribution in [0.25, 0.3) is 5.69 Å². The highest BCUT2D eigenvalue weighted by molar-refractivity contribution is 6.45. The number of benzene rings is 2. The van der Waals surface area contributed by atoms with Crippen molar-refractivity contribution in [2.75, 3.05) is 19.7 Å². The lowest BCUT2D eigenvalue weighted by Gasteiger charge is -2.54. The summed E-state index contributed by atoms with van der Waals surface area (Å²) in [7, 11) is 0. The number of nitrogens with zero attached hydrogens (tertiary/aromatic N) is 5. The zero-order valence-corrected chi connectivity index (χ0v) is 19.4. The van der Waals surface area contributed by atoms with Gasteiger partial charge in [-0.15, -0.1) is 5.10 Å². The van der Waals surface area contributed by atoms with E-state index in [2.05, 4.69) is 15.1 Å². The second-order valence-corrected chi connectivity index (χ2v) is 9.44. The van der Waals surface area contributed by atoms with E-state index in [4.69, 9.17) is 27.9 Å². The molecule has 0 bridgehead atoms. The van der Waals surface area contributed by atoms with Crippen molar-refractivity contribution >= 4 is 34.8 Å². The van der Waals surface area contributed by atoms with E-state index in [1.165, 1.54) is 10.7 Å². The lowest BCUT2D eigenvalue weighted by molar-refractivity contribution is -0.209. The number of fused-ring (bicyclic) bond motifs is 3. The van der Waals surface area contributed by atoms with Crippen LogP contribution in [0, 0.1) is 11.6 Å². The summed E-state index contributed by atoms with van der Waals surface area (Å²) in [5, 5.41) is 4.70. The predicted molar refractivity (Wildman–Crippen MR) is 121 cm³/mol. The molecule has 0 saturated carbocycles. The molecule has 174 valence electrons. The maximum atomic E-state index is 14.8. The Hall–Kier alpha value is -2.88. The van der Waals surface area contributed by atoms with Crippen LogP contribution in [0.2, 0.25) is 10.0 Å². The third kappa shape index (κ3) is 3.10. The molecule has 3 aliphatic heterocycles. The molecule has 11 heteroatoms. The first-order valence-electron chi connectivity index (χ1n) is 10.7. The normalized spacial score (nSPS) is 20.1. The summed E-state index contributed by atoms with van der Waals surface area (Å²) < 4.78 is 36.6. The molecular weight excluding hydrogens is 487 g/mol. The van der Waals surface area contributed by atoms with Crippen LogP contribution in [0.3, 0.4) is 0 Å². The van der Waals surface area contributed by atoms with Gasteiger partial charge in [-0.2, -0.15) is 0 Å². The highest BCUT2D eigenvalue weighted by atomic mass is 35.5. The lowest BCUT2D eigenvalue weighted by Crippen LogP contribution is -2.69. The molecule has 0 unspecified atom stereocenters. The molecule has 0 N–H and O–H groups in total. The van der Waals surface area contributed by atoms with Crippen LogP contribution < -0.4 is 0 Å². The lowest BCUT2D eigenvalue weighted by atomic mass is 9.86. The minimum atomic E-state index is -0.791. The molecule has 2 saturated heterocycles. The minimum Gasteiger partial charge on any atom is -0.371 e. The number of aromatic nitrogens is 3. The number of carbonyl (C=O) groups excluding carboxylic acids is 1. The van der Waals surface area contributed by atoms with Crippen molar-refractivity contribution < 1.29 is 18.3 Å². The fourth-order valence-corrected chi connectivity index (χ4v) is 5.02. The van der Waals surface area contributed by atoms with Crippen LogP contribution >= 0.6 is 23.2 Å². The van der Waals surface area contributed by atoms with Crippen molar-refractivity contribution in [1.29, 1.82) is 0 Å². The predicted octanol–water partition coefficient (Wildman–Crippen LogP) is 4.38. The molecule has 6 rings (SSSR count). The van der Waals surface area contributed by atoms with Gasteiger partial charge in [-0.25, -0.2) is 18.4 Å². The number of halogens is 4. The SMILES string of the molecule is C[C@@H]1N=C(c2c(F)cccc2F)c2c(ccc(Cl)c2Cl)-n2nc(C(=O)N3CC4(CCO4)C3)nc21. The number of likely N-dealkylation sites (tertiary alicyclic amines) is 1. The number of hydrogen-bond donors (Lipinski definition) is 0. The first kappa shape index (κ1) is 21.6. The standard InChI is InChI=1S/C23H17Cl2F2N5O2/c1-11-21-29-20(22(33)31-9-23(10-31)7-8-34-23)30-32(21)15-6-5-12(24)18(25)17(15)19(28-11)16-13(26)3-2-4-14(16)27/h2-6,11H,7-10H2,1H3/t11-/m0/s1. The molecule has 1 spiro atoms. The van der Waals surface area contributed by atoms with Crippen LogP contribution in [-0.4, -0.2) is 56.6 Å². The molecule has 7 nitrogen and oxygen atoms in total. The van der Waals surface area contributed by atoms with Crippen molar-refractivity contribution in [2.24, 2.45) is 4.99 Å². The Morgan fingerprint density at radius 1 is 1.15 bits per heavy atom. The number of aliphatic imine (C=N–C) groups is 1. The third-order valence-corrected chi connectivity index (χ3v) is 7.27. The summed E-state index contributed by atoms with van der Waals surface area (Å²) in [6, 6.07) is 6.04. The molecular formula is C23H17Cl2F2N5O2. The van der Waals surface area contributed by atoms with E-state index in [1.54, 1.807) is 24.0 Å². The monoisotopic (exact) mass is 503 g/mol. The average molecular weight is 504 g/mol. The molecule has 34 heavy (non-hydrogen) atoms. The molecule has 3 aromatic rings. The molecule has 2 fully saturated rings. The molecule has 1 aromatic heterocycles. The van der Waals surface area contributed by atoms with Crippen LogP contribution in [0.1, 0.15) is 47.0 Å². The Labute approximate surface area is 203 Å². The number of carbonyl (C=O) groups is 1. The van der Waals surface area contributed by atoms with Gasteiger partial charge in [-0.05, 0) is 31.2 Å². The summed E-state index contributed by atoms with van der Waals surface area (Å²) >= 11 is 12.8. The fourth-order valence-electron chi connectivity index (χ4n) is 4.61. The largest absolute Gasteiger partial charge is 0.371 e. The van der Waals surface area contributed by atoms with E-state index in [-0.39, 0.29) is 44.2 Å². The highest BCUT2D eigenvalue weighted by Gasteiger charge is 2.51. The van der Waals surface area contributed by atoms with E-state index in [9.17, 15) is 13.6 Å². The number of amides is 1. The smallest absolute Gasteiger partial charge is 0.293 e. The Balaban J connectivity index is 1.49. The fraction of sp³-hybridized carbons (Fsp3) is 0.304. The van der Waals surface area contributed by atoms with Crippen molar-refractivity contribution in [3.05, 3.63) is 74.8 Å². The molecule has 3 aliphatic rings. The van der Waals surface area contributed by atoms with Gasteiger partial charge in [0.15, 0.2) is 5.82 Å². The van der Waals surface area contributed by atoms with E-state index in [0.717, 1.165) is 18.6 Å². The first-order chi connectivity index (χ1) is 16.3. The van der Waals surface area contributed by atoms with E-state index in [1.807, 2.05) is 0 Å². The molecule has 2 aromatic carbocycles. The van der Waals surface area contributed by atoms with Crippen LogP contribution in [0.4, 0.5) is 8.78 Å². The number of hydrogen-bond acceptors (Lipinski definition) is 5. The molecule has 4 heterocycles. The summed E-state index contributed by atoms with van der Waals surface area (Å²) in [6.07, 6.45) is 0.928. The van der Waals surface area contributed by atoms with Gasteiger partial charge in [0, 0.05) is 12.0 Å². The highest BCUT2D eigenvalue weighted by Crippen LogP contribution is 2.39. The first-order valence-corrected chi connectivity index (χ1v) is 11.4. The Kier molecular flexibility index (Phi) is 4.81. The van der Waals surface area contributed by atoms with Crippen molar-refractivity contribution in [3.8, 4) is 5.69 Å². The van der Waals surface area contributed by atoms with Crippen molar-refractivity contribution in [3.63, 3.8) is 0 Å². The minimum absolute atomic E-state index is 0.00223. The second-order valence-electron chi connectivity index (χ2n) is 8.65. The van der Waals surface area contributed by atoms with Gasteiger partial charge in [0.05, 0.1) is 46.7 Å². The van der Waals surface area contributed by atoms with Gasteiger partial charge >= 0.3 is 0 Å². The topological polar surface area (TPSA) is 72.6 Å². The van der Waals surface area contributed by atoms with E-state index in [0.29, 0.717) is 31.2 Å². The molecule has 1 amide bonds. The Morgan fingerprint density at radius 2 is 1.85 bits per heavy atom. The summed E-state index contributed by atoms with van der Waals surface area (Å²) in [4.78, 5) is 23.7. The zero-order chi connectivity index (χ0) is 23.8. The van der Waals surface area contributed by atoms with Crippen LogP contribution in [0.15, 0.2) is 35.3 Å². The summed E-state index contributed by atoms with van der Waals surface area (Å²) in [6.45, 7) is 3.41. The van der Waals surface area contributed by atoms with Gasteiger partial charge < -0.3 is 9.64 Å². The van der Waals surface area contributed by atoms with Gasteiger partial charge in [0.2, 0.25) is 5.82 Å². The molecule has 0 aliphatic carbocycles. The number of rotatable bonds is 2. The van der Waals surface area contributed by atoms with Gasteiger partial charge in [0.25, 0.3) is 5.91 Å². The zero-order valence-electron chi connectivity index (χ0n) is 17.9. The van der Waals surface area contributed by atoms with E-state index < -0.39 is 17.7 Å². The second kappa shape index (κ2) is 7.56. The molecule has 1 atom stereocenters. The van der Waals surface area contributed by atoms with E-state index >= 15 is 0 Å². The molecule has 0 radical (unpaired) electrons. The Bertz CT molecular complexity index is 1370. The van der Waals surface area contributed by atoms with Gasteiger partial charge in [-0.1, -0.05) is 29.3 Å². The Morgan fingerprint density at radius 3 is 2.50 bits per heavy atom. The maximum Gasteiger partial charge on any atom is 0.293 e. The number of ether oxygens (including phenoxy) is 1. The van der Waals surface area contributed by atoms with Crippen molar-refractivity contribution in [1.82, 2.24) is 19.7 Å². The average Bonchev–Trinajstić information content (AvgIpc) is 3.14. The summed E-state index contributed by atoms with van der Waals surface area (Å²) in [5.41, 5.74) is 0.0213. The van der Waals surface area contributed by atoms with Crippen molar-refractivity contribution in [2.45, 2.75) is 25.0 Å².